The zero-order chi connectivity index (χ0) is 13.8. The lowest BCUT2D eigenvalue weighted by Crippen LogP contribution is -2.08. The first kappa shape index (κ1) is 12.8. The Morgan fingerprint density at radius 3 is 2.26 bits per heavy atom. The van der Waals surface area contributed by atoms with Crippen molar-refractivity contribution >= 4 is 11.9 Å². The molecule has 0 aliphatic rings. The van der Waals surface area contributed by atoms with E-state index in [0.29, 0.717) is 5.56 Å². The lowest BCUT2D eigenvalue weighted by molar-refractivity contribution is -0.131. The Hall–Kier alpha value is -2.62. The zero-order valence-electron chi connectivity index (χ0n) is 10.3. The van der Waals surface area contributed by atoms with Crippen LogP contribution in [0.2, 0.25) is 0 Å². The van der Waals surface area contributed by atoms with E-state index in [-0.39, 0.29) is 11.3 Å². The average molecular weight is 256 g/mol. The molecule has 0 aliphatic heterocycles. The van der Waals surface area contributed by atoms with E-state index in [9.17, 15) is 14.7 Å². The van der Waals surface area contributed by atoms with Crippen LogP contribution in [0.3, 0.4) is 0 Å². The number of carboxylic acid groups (broad SMARTS) is 1. The molecule has 0 spiro atoms. The van der Waals surface area contributed by atoms with Crippen molar-refractivity contribution in [2.24, 2.45) is 0 Å². The summed E-state index contributed by atoms with van der Waals surface area (Å²) in [4.78, 5) is 22.4. The smallest absolute Gasteiger partial charge is 0.340 e. The Labute approximate surface area is 110 Å². The molecule has 0 fully saturated rings. The lowest BCUT2D eigenvalue weighted by atomic mass is 9.99. The Morgan fingerprint density at radius 2 is 1.68 bits per heavy atom. The number of hydrogen-bond acceptors (Lipinski definition) is 3. The molecule has 0 amide bonds. The summed E-state index contributed by atoms with van der Waals surface area (Å²) in [6, 6.07) is 13.9. The molecule has 2 rings (SSSR count). The van der Waals surface area contributed by atoms with Gasteiger partial charge in [0.15, 0.2) is 0 Å². The molecule has 0 aliphatic carbocycles. The third-order valence-corrected chi connectivity index (χ3v) is 2.58. The van der Waals surface area contributed by atoms with Gasteiger partial charge in [-0.15, -0.1) is 0 Å². The molecule has 19 heavy (non-hydrogen) atoms. The fraction of sp³-hybridized carbons (Fsp3) is 0.0667. The molecule has 96 valence electrons. The van der Waals surface area contributed by atoms with Crippen molar-refractivity contribution in [2.75, 3.05) is 0 Å². The Morgan fingerprint density at radius 1 is 1.00 bits per heavy atom. The molecule has 0 bridgehead atoms. The molecule has 2 aromatic rings. The van der Waals surface area contributed by atoms with Gasteiger partial charge < -0.3 is 9.84 Å². The van der Waals surface area contributed by atoms with Gasteiger partial charge in [0.2, 0.25) is 0 Å². The van der Waals surface area contributed by atoms with E-state index in [1.807, 2.05) is 18.2 Å². The molecule has 1 N–H and O–H groups in total. The number of aromatic carboxylic acids is 1. The third kappa shape index (κ3) is 2.80. The molecule has 0 saturated carbocycles. The summed E-state index contributed by atoms with van der Waals surface area (Å²) in [6.07, 6.45) is 0. The van der Waals surface area contributed by atoms with Gasteiger partial charge in [-0.3, -0.25) is 4.79 Å². The SMILES string of the molecule is CC(=O)Oc1cccc(-c2ccccc2)c1C(=O)O. The number of benzene rings is 2. The minimum atomic E-state index is -1.13. The predicted molar refractivity (Wildman–Crippen MR) is 70.1 cm³/mol. The van der Waals surface area contributed by atoms with Gasteiger partial charge in [0, 0.05) is 6.92 Å². The molecule has 0 saturated heterocycles. The van der Waals surface area contributed by atoms with E-state index in [0.717, 1.165) is 5.56 Å². The number of ether oxygens (including phenoxy) is 1. The van der Waals surface area contributed by atoms with Crippen LogP contribution in [0.1, 0.15) is 17.3 Å². The van der Waals surface area contributed by atoms with Crippen LogP contribution in [-0.4, -0.2) is 17.0 Å². The highest BCUT2D eigenvalue weighted by atomic mass is 16.5. The van der Waals surface area contributed by atoms with Gasteiger partial charge >= 0.3 is 11.9 Å². The first-order valence-corrected chi connectivity index (χ1v) is 5.69. The Bertz CT molecular complexity index is 617. The number of esters is 1. The van der Waals surface area contributed by atoms with E-state index >= 15 is 0 Å². The van der Waals surface area contributed by atoms with E-state index in [1.165, 1.54) is 13.0 Å². The number of carbonyl (C=O) groups excluding carboxylic acids is 1. The molecule has 4 nitrogen and oxygen atoms in total. The summed E-state index contributed by atoms with van der Waals surface area (Å²) < 4.78 is 4.95. The van der Waals surface area contributed by atoms with Crippen molar-refractivity contribution in [2.45, 2.75) is 6.92 Å². The highest BCUT2D eigenvalue weighted by Gasteiger charge is 2.18. The maximum atomic E-state index is 11.4. The van der Waals surface area contributed by atoms with E-state index in [4.69, 9.17) is 4.74 Å². The van der Waals surface area contributed by atoms with Crippen LogP contribution in [0.5, 0.6) is 5.75 Å². The lowest BCUT2D eigenvalue weighted by Gasteiger charge is -2.11. The maximum absolute atomic E-state index is 11.4. The Kier molecular flexibility index (Phi) is 3.61. The largest absolute Gasteiger partial charge is 0.478 e. The monoisotopic (exact) mass is 256 g/mol. The predicted octanol–water partition coefficient (Wildman–Crippen LogP) is 2.98. The number of carbonyl (C=O) groups is 2. The summed E-state index contributed by atoms with van der Waals surface area (Å²) in [5.74, 6) is -1.62. The zero-order valence-corrected chi connectivity index (χ0v) is 10.3. The van der Waals surface area contributed by atoms with Gasteiger partial charge in [-0.2, -0.15) is 0 Å². The second kappa shape index (κ2) is 5.35. The van der Waals surface area contributed by atoms with Gasteiger partial charge in [-0.05, 0) is 17.2 Å². The van der Waals surface area contributed by atoms with Crippen LogP contribution < -0.4 is 4.74 Å². The third-order valence-electron chi connectivity index (χ3n) is 2.58. The van der Waals surface area contributed by atoms with Crippen molar-refractivity contribution in [3.63, 3.8) is 0 Å². The van der Waals surface area contributed by atoms with E-state index in [1.54, 1.807) is 24.3 Å². The summed E-state index contributed by atoms with van der Waals surface area (Å²) in [5, 5.41) is 9.33. The molecule has 0 atom stereocenters. The van der Waals surface area contributed by atoms with E-state index < -0.39 is 11.9 Å². The quantitative estimate of drug-likeness (QED) is 0.677. The molecular weight excluding hydrogens is 244 g/mol. The van der Waals surface area contributed by atoms with Crippen LogP contribution in [0, 0.1) is 0 Å². The van der Waals surface area contributed by atoms with Gasteiger partial charge in [-0.1, -0.05) is 42.5 Å². The second-order valence-electron chi connectivity index (χ2n) is 3.94. The van der Waals surface area contributed by atoms with Crippen LogP contribution in [0.25, 0.3) is 11.1 Å². The van der Waals surface area contributed by atoms with Crippen LogP contribution in [0.15, 0.2) is 48.5 Å². The van der Waals surface area contributed by atoms with Crippen molar-refractivity contribution in [3.05, 3.63) is 54.1 Å². The molecule has 0 heterocycles. The van der Waals surface area contributed by atoms with Crippen LogP contribution in [0.4, 0.5) is 0 Å². The average Bonchev–Trinajstić information content (AvgIpc) is 2.38. The molecule has 0 unspecified atom stereocenters. The normalized spacial score (nSPS) is 9.95. The minimum absolute atomic E-state index is 0.0103. The molecule has 0 radical (unpaired) electrons. The molecular formula is C15H12O4. The molecule has 0 aromatic heterocycles. The van der Waals surface area contributed by atoms with Crippen molar-refractivity contribution in [1.29, 1.82) is 0 Å². The topological polar surface area (TPSA) is 63.6 Å². The van der Waals surface area contributed by atoms with Crippen LogP contribution >= 0.6 is 0 Å². The van der Waals surface area contributed by atoms with Crippen molar-refractivity contribution < 1.29 is 19.4 Å². The van der Waals surface area contributed by atoms with Crippen molar-refractivity contribution in [1.82, 2.24) is 0 Å². The standard InChI is InChI=1S/C15H12O4/c1-10(16)19-13-9-5-8-12(14(13)15(17)18)11-6-3-2-4-7-11/h2-9H,1H3,(H,17,18). The number of hydrogen-bond donors (Lipinski definition) is 1. The summed E-state index contributed by atoms with van der Waals surface area (Å²) in [6.45, 7) is 1.24. The molecule has 4 heteroatoms. The summed E-state index contributed by atoms with van der Waals surface area (Å²) in [7, 11) is 0. The molecule has 2 aromatic carbocycles. The Balaban J connectivity index is 2.61. The fourth-order valence-corrected chi connectivity index (χ4v) is 1.85. The van der Waals surface area contributed by atoms with Gasteiger partial charge in [0.1, 0.15) is 11.3 Å². The fourth-order valence-electron chi connectivity index (χ4n) is 1.85. The first-order valence-electron chi connectivity index (χ1n) is 5.69. The number of rotatable bonds is 3. The first-order chi connectivity index (χ1) is 9.09. The second-order valence-corrected chi connectivity index (χ2v) is 3.94. The highest BCUT2D eigenvalue weighted by Crippen LogP contribution is 2.30. The minimum Gasteiger partial charge on any atom is -0.478 e. The van der Waals surface area contributed by atoms with Gasteiger partial charge in [0.25, 0.3) is 0 Å². The van der Waals surface area contributed by atoms with Gasteiger partial charge in [0.05, 0.1) is 0 Å². The van der Waals surface area contributed by atoms with Gasteiger partial charge in [-0.25, -0.2) is 4.79 Å². The van der Waals surface area contributed by atoms with Crippen LogP contribution in [-0.2, 0) is 4.79 Å². The highest BCUT2D eigenvalue weighted by molar-refractivity contribution is 5.99. The maximum Gasteiger partial charge on any atom is 0.340 e. The summed E-state index contributed by atoms with van der Waals surface area (Å²) in [5.41, 5.74) is 1.27. The number of carboxylic acids is 1. The summed E-state index contributed by atoms with van der Waals surface area (Å²) >= 11 is 0. The van der Waals surface area contributed by atoms with E-state index in [2.05, 4.69) is 0 Å². The van der Waals surface area contributed by atoms with Crippen molar-refractivity contribution in [3.8, 4) is 16.9 Å².